The third-order valence-corrected chi connectivity index (χ3v) is 8.98. The molecule has 2 aromatic heterocycles. The average molecular weight is 555 g/mol. The summed E-state index contributed by atoms with van der Waals surface area (Å²) in [6.07, 6.45) is 21.7. The number of unbranched alkanes of at least 4 members (excludes halogenated alkanes) is 9. The van der Waals surface area contributed by atoms with Crippen LogP contribution in [-0.2, 0) is 4.79 Å². The molecule has 3 heterocycles. The van der Waals surface area contributed by atoms with Gasteiger partial charge in [-0.15, -0.1) is 0 Å². The molecule has 0 atom stereocenters. The predicted molar refractivity (Wildman–Crippen MR) is 164 cm³/mol. The van der Waals surface area contributed by atoms with Crippen molar-refractivity contribution in [2.24, 2.45) is 0 Å². The van der Waals surface area contributed by atoms with E-state index in [9.17, 15) is 9.59 Å². The van der Waals surface area contributed by atoms with Crippen molar-refractivity contribution >= 4 is 51.7 Å². The number of thiocarbonyl (C=S) groups is 1. The third-order valence-electron chi connectivity index (χ3n) is 7.60. The van der Waals surface area contributed by atoms with Gasteiger partial charge in [0, 0.05) is 18.8 Å². The molecule has 8 heteroatoms. The standard InChI is InChI=1S/C30H42N4O2S2/c1-2-3-4-5-6-7-8-9-10-15-21-34-29(36)25(38-30(34)37)22-24-27(31-23-17-12-11-13-18-23)32-26-19-14-16-20-33(26)28(24)35/h14,16,19-20,22-23,31H,2-13,15,17-18,21H2,1H3/b25-22+. The number of hydrogen-bond donors (Lipinski definition) is 1. The van der Waals surface area contributed by atoms with Crippen molar-refractivity contribution in [3.63, 3.8) is 0 Å². The summed E-state index contributed by atoms with van der Waals surface area (Å²) >= 11 is 6.86. The highest BCUT2D eigenvalue weighted by atomic mass is 32.2. The summed E-state index contributed by atoms with van der Waals surface area (Å²) in [7, 11) is 0. The van der Waals surface area contributed by atoms with Gasteiger partial charge in [-0.2, -0.15) is 0 Å². The maximum atomic E-state index is 13.5. The smallest absolute Gasteiger partial charge is 0.267 e. The lowest BCUT2D eigenvalue weighted by molar-refractivity contribution is -0.122. The van der Waals surface area contributed by atoms with Crippen molar-refractivity contribution in [1.82, 2.24) is 14.3 Å². The lowest BCUT2D eigenvalue weighted by Gasteiger charge is -2.24. The SMILES string of the molecule is CCCCCCCCCCCCN1C(=O)/C(=C\c2c(NC3CCCCC3)nc3ccccn3c2=O)SC1=S. The highest BCUT2D eigenvalue weighted by Gasteiger charge is 2.32. The lowest BCUT2D eigenvalue weighted by Crippen LogP contribution is -2.29. The zero-order valence-corrected chi connectivity index (χ0v) is 24.4. The second-order valence-corrected chi connectivity index (χ2v) is 12.3. The van der Waals surface area contributed by atoms with Crippen LogP contribution in [0.1, 0.15) is 109 Å². The van der Waals surface area contributed by atoms with Crippen molar-refractivity contribution in [2.45, 2.75) is 109 Å². The van der Waals surface area contributed by atoms with Crippen LogP contribution in [0, 0.1) is 0 Å². The predicted octanol–water partition coefficient (Wildman–Crippen LogP) is 7.56. The molecule has 1 N–H and O–H groups in total. The van der Waals surface area contributed by atoms with E-state index in [0.717, 1.165) is 25.7 Å². The van der Waals surface area contributed by atoms with Crippen LogP contribution < -0.4 is 10.9 Å². The summed E-state index contributed by atoms with van der Waals surface area (Å²) in [5.74, 6) is 0.463. The van der Waals surface area contributed by atoms with Crippen LogP contribution in [0.3, 0.4) is 0 Å². The van der Waals surface area contributed by atoms with E-state index in [1.54, 1.807) is 21.6 Å². The quantitative estimate of drug-likeness (QED) is 0.148. The molecule has 2 aliphatic rings. The van der Waals surface area contributed by atoms with E-state index in [4.69, 9.17) is 17.2 Å². The van der Waals surface area contributed by atoms with Gasteiger partial charge in [-0.1, -0.05) is 114 Å². The van der Waals surface area contributed by atoms with Crippen LogP contribution in [-0.4, -0.2) is 37.1 Å². The first kappa shape index (κ1) is 28.8. The topological polar surface area (TPSA) is 66.7 Å². The lowest BCUT2D eigenvalue weighted by atomic mass is 9.95. The molecule has 1 saturated heterocycles. The fourth-order valence-electron chi connectivity index (χ4n) is 5.36. The van der Waals surface area contributed by atoms with Crippen molar-refractivity contribution in [1.29, 1.82) is 0 Å². The highest BCUT2D eigenvalue weighted by molar-refractivity contribution is 8.26. The first-order valence-electron chi connectivity index (χ1n) is 14.6. The Kier molecular flexibility index (Phi) is 11.2. The first-order chi connectivity index (χ1) is 18.6. The Labute approximate surface area is 236 Å². The molecule has 0 spiro atoms. The number of anilines is 1. The van der Waals surface area contributed by atoms with Crippen LogP contribution in [0.5, 0.6) is 0 Å². The minimum Gasteiger partial charge on any atom is -0.367 e. The number of amides is 1. The molecule has 2 aromatic rings. The Bertz CT molecular complexity index is 1190. The summed E-state index contributed by atoms with van der Waals surface area (Å²) in [6.45, 7) is 2.89. The molecular formula is C30H42N4O2S2. The Morgan fingerprint density at radius 1 is 1.00 bits per heavy atom. The molecule has 38 heavy (non-hydrogen) atoms. The van der Waals surface area contributed by atoms with Gasteiger partial charge in [-0.05, 0) is 37.5 Å². The second kappa shape index (κ2) is 14.8. The van der Waals surface area contributed by atoms with E-state index in [0.29, 0.717) is 38.8 Å². The first-order valence-corrected chi connectivity index (χ1v) is 15.8. The molecule has 0 unspecified atom stereocenters. The molecule has 1 amide bonds. The largest absolute Gasteiger partial charge is 0.367 e. The number of hydrogen-bond acceptors (Lipinski definition) is 6. The molecule has 1 aliphatic carbocycles. The third kappa shape index (κ3) is 7.69. The van der Waals surface area contributed by atoms with Gasteiger partial charge in [0.1, 0.15) is 15.8 Å². The van der Waals surface area contributed by atoms with Gasteiger partial charge in [0.2, 0.25) is 0 Å². The molecular weight excluding hydrogens is 512 g/mol. The van der Waals surface area contributed by atoms with E-state index in [-0.39, 0.29) is 11.5 Å². The molecule has 0 radical (unpaired) electrons. The van der Waals surface area contributed by atoms with Crippen LogP contribution >= 0.6 is 24.0 Å². The zero-order valence-electron chi connectivity index (χ0n) is 22.8. The average Bonchev–Trinajstić information content (AvgIpc) is 3.19. The van der Waals surface area contributed by atoms with Crippen molar-refractivity contribution in [3.8, 4) is 0 Å². The van der Waals surface area contributed by atoms with Crippen molar-refractivity contribution < 1.29 is 4.79 Å². The monoisotopic (exact) mass is 554 g/mol. The second-order valence-electron chi connectivity index (χ2n) is 10.6. The minimum atomic E-state index is -0.172. The number of fused-ring (bicyclic) bond motifs is 1. The molecule has 206 valence electrons. The van der Waals surface area contributed by atoms with Crippen LogP contribution in [0.15, 0.2) is 34.1 Å². The van der Waals surface area contributed by atoms with Gasteiger partial charge in [0.15, 0.2) is 0 Å². The number of pyridine rings is 1. The minimum absolute atomic E-state index is 0.0999. The van der Waals surface area contributed by atoms with Gasteiger partial charge < -0.3 is 5.32 Å². The molecule has 1 aliphatic heterocycles. The Balaban J connectivity index is 1.39. The Morgan fingerprint density at radius 3 is 2.39 bits per heavy atom. The molecule has 4 rings (SSSR count). The number of nitrogens with one attached hydrogen (secondary N) is 1. The number of carbonyl (C=O) groups excluding carboxylic acids is 1. The fourth-order valence-corrected chi connectivity index (χ4v) is 6.65. The van der Waals surface area contributed by atoms with Crippen molar-refractivity contribution in [2.75, 3.05) is 11.9 Å². The van der Waals surface area contributed by atoms with Crippen LogP contribution in [0.4, 0.5) is 5.82 Å². The van der Waals surface area contributed by atoms with Crippen LogP contribution in [0.2, 0.25) is 0 Å². The number of thioether (sulfide) groups is 1. The summed E-state index contributed by atoms with van der Waals surface area (Å²) in [5, 5.41) is 3.53. The summed E-state index contributed by atoms with van der Waals surface area (Å²) < 4.78 is 2.12. The number of carbonyl (C=O) groups is 1. The van der Waals surface area contributed by atoms with Gasteiger partial charge in [0.25, 0.3) is 11.5 Å². The van der Waals surface area contributed by atoms with E-state index in [2.05, 4.69) is 12.2 Å². The number of nitrogens with zero attached hydrogens (tertiary/aromatic N) is 3. The number of aromatic nitrogens is 2. The number of rotatable bonds is 14. The van der Waals surface area contributed by atoms with Gasteiger partial charge in [0.05, 0.1) is 10.5 Å². The summed E-state index contributed by atoms with van der Waals surface area (Å²) in [5.41, 5.74) is 0.856. The Hall–Kier alpha value is -2.19. The van der Waals surface area contributed by atoms with E-state index in [1.165, 1.54) is 82.4 Å². The molecule has 1 saturated carbocycles. The van der Waals surface area contributed by atoms with Crippen LogP contribution in [0.25, 0.3) is 11.7 Å². The molecule has 0 aromatic carbocycles. The normalized spacial score (nSPS) is 17.7. The molecule has 0 bridgehead atoms. The molecule has 2 fully saturated rings. The van der Waals surface area contributed by atoms with E-state index in [1.807, 2.05) is 18.2 Å². The maximum absolute atomic E-state index is 13.5. The van der Waals surface area contributed by atoms with Gasteiger partial charge in [-0.25, -0.2) is 4.98 Å². The fraction of sp³-hybridized carbons (Fsp3) is 0.600. The summed E-state index contributed by atoms with van der Waals surface area (Å²) in [4.78, 5) is 33.8. The molecule has 6 nitrogen and oxygen atoms in total. The maximum Gasteiger partial charge on any atom is 0.267 e. The Morgan fingerprint density at radius 2 is 1.68 bits per heavy atom. The van der Waals surface area contributed by atoms with E-state index < -0.39 is 0 Å². The highest BCUT2D eigenvalue weighted by Crippen LogP contribution is 2.33. The zero-order chi connectivity index (χ0) is 26.7. The van der Waals surface area contributed by atoms with Gasteiger partial charge in [-0.3, -0.25) is 18.9 Å². The van der Waals surface area contributed by atoms with E-state index >= 15 is 0 Å². The van der Waals surface area contributed by atoms with Crippen molar-refractivity contribution in [3.05, 3.63) is 45.2 Å². The van der Waals surface area contributed by atoms with Gasteiger partial charge >= 0.3 is 0 Å². The summed E-state index contributed by atoms with van der Waals surface area (Å²) in [6, 6.07) is 5.83.